The van der Waals surface area contributed by atoms with Crippen LogP contribution in [0.4, 0.5) is 0 Å². The second kappa shape index (κ2) is 8.29. The van der Waals surface area contributed by atoms with Crippen molar-refractivity contribution in [2.75, 3.05) is 6.61 Å². The molecule has 0 aromatic carbocycles. The molecule has 27 heavy (non-hydrogen) atoms. The maximum absolute atomic E-state index is 12.1. The Bertz CT molecular complexity index is 779. The van der Waals surface area contributed by atoms with Gasteiger partial charge in [0.15, 0.2) is 6.29 Å². The van der Waals surface area contributed by atoms with Gasteiger partial charge in [0.2, 0.25) is 5.88 Å². The summed E-state index contributed by atoms with van der Waals surface area (Å²) in [4.78, 5) is 31.4. The van der Waals surface area contributed by atoms with E-state index < -0.39 is 5.41 Å². The molecule has 0 bridgehead atoms. The molecule has 0 N–H and O–H groups in total. The standard InChI is InChI=1S/C21H24N2O4/c1-3-26-20(25)21(2)10-8-17(9-11-21)27-19-7-5-16(13-23-19)18-6-4-15(14-24)12-22-18/h4-7,12-14,17H,3,8-11H2,1-2H3/t17-,21+. The van der Waals surface area contributed by atoms with Crippen molar-refractivity contribution in [3.63, 3.8) is 0 Å². The number of hydrogen-bond acceptors (Lipinski definition) is 6. The van der Waals surface area contributed by atoms with Crippen molar-refractivity contribution in [2.24, 2.45) is 5.41 Å². The number of ether oxygens (including phenoxy) is 2. The topological polar surface area (TPSA) is 78.4 Å². The molecule has 0 amide bonds. The molecule has 1 fully saturated rings. The van der Waals surface area contributed by atoms with Crippen LogP contribution in [-0.2, 0) is 9.53 Å². The molecule has 1 aliphatic carbocycles. The monoisotopic (exact) mass is 368 g/mol. The van der Waals surface area contributed by atoms with Crippen LogP contribution in [-0.4, -0.2) is 34.9 Å². The normalized spacial score (nSPS) is 22.1. The second-order valence-electron chi connectivity index (χ2n) is 7.08. The third-order valence-electron chi connectivity index (χ3n) is 5.05. The van der Waals surface area contributed by atoms with Crippen molar-refractivity contribution >= 4 is 12.3 Å². The van der Waals surface area contributed by atoms with Crippen molar-refractivity contribution in [3.8, 4) is 17.1 Å². The van der Waals surface area contributed by atoms with E-state index in [1.807, 2.05) is 26.0 Å². The zero-order valence-corrected chi connectivity index (χ0v) is 15.7. The van der Waals surface area contributed by atoms with E-state index >= 15 is 0 Å². The number of aldehydes is 1. The molecule has 0 saturated heterocycles. The minimum atomic E-state index is -0.410. The molecule has 2 heterocycles. The van der Waals surface area contributed by atoms with E-state index in [-0.39, 0.29) is 12.1 Å². The summed E-state index contributed by atoms with van der Waals surface area (Å²) in [7, 11) is 0. The molecule has 1 saturated carbocycles. The highest BCUT2D eigenvalue weighted by atomic mass is 16.5. The van der Waals surface area contributed by atoms with Crippen LogP contribution in [0.5, 0.6) is 5.88 Å². The van der Waals surface area contributed by atoms with E-state index in [0.717, 1.165) is 43.2 Å². The van der Waals surface area contributed by atoms with Gasteiger partial charge in [-0.15, -0.1) is 0 Å². The fourth-order valence-corrected chi connectivity index (χ4v) is 3.27. The average Bonchev–Trinajstić information content (AvgIpc) is 2.71. The van der Waals surface area contributed by atoms with Crippen molar-refractivity contribution in [2.45, 2.75) is 45.6 Å². The van der Waals surface area contributed by atoms with Crippen molar-refractivity contribution in [1.29, 1.82) is 0 Å². The van der Waals surface area contributed by atoms with Crippen LogP contribution < -0.4 is 4.74 Å². The lowest BCUT2D eigenvalue weighted by atomic mass is 9.75. The first kappa shape index (κ1) is 19.0. The summed E-state index contributed by atoms with van der Waals surface area (Å²) < 4.78 is 11.2. The Morgan fingerprint density at radius 1 is 1.19 bits per heavy atom. The predicted molar refractivity (Wildman–Crippen MR) is 100 cm³/mol. The van der Waals surface area contributed by atoms with E-state index in [0.29, 0.717) is 18.1 Å². The van der Waals surface area contributed by atoms with Crippen LogP contribution in [0.15, 0.2) is 36.7 Å². The lowest BCUT2D eigenvalue weighted by molar-refractivity contribution is -0.157. The zero-order valence-electron chi connectivity index (χ0n) is 15.7. The first-order valence-electron chi connectivity index (χ1n) is 9.25. The van der Waals surface area contributed by atoms with E-state index in [1.165, 1.54) is 6.20 Å². The predicted octanol–water partition coefficient (Wildman–Crippen LogP) is 3.85. The lowest BCUT2D eigenvalue weighted by Crippen LogP contribution is -2.37. The molecule has 0 atom stereocenters. The minimum Gasteiger partial charge on any atom is -0.474 e. The molecule has 0 unspecified atom stereocenters. The van der Waals surface area contributed by atoms with Gasteiger partial charge in [-0.2, -0.15) is 0 Å². The number of carbonyl (C=O) groups is 2. The third-order valence-corrected chi connectivity index (χ3v) is 5.05. The number of esters is 1. The number of pyridine rings is 2. The highest BCUT2D eigenvalue weighted by Crippen LogP contribution is 2.38. The Labute approximate surface area is 158 Å². The molecule has 3 rings (SSSR count). The molecule has 0 radical (unpaired) electrons. The Balaban J connectivity index is 1.57. The van der Waals surface area contributed by atoms with Gasteiger partial charge in [0.05, 0.1) is 17.7 Å². The van der Waals surface area contributed by atoms with Crippen LogP contribution >= 0.6 is 0 Å². The highest BCUT2D eigenvalue weighted by Gasteiger charge is 2.39. The molecule has 0 spiro atoms. The van der Waals surface area contributed by atoms with Gasteiger partial charge in [-0.25, -0.2) is 4.98 Å². The van der Waals surface area contributed by atoms with Gasteiger partial charge in [-0.1, -0.05) is 0 Å². The Kier molecular flexibility index (Phi) is 5.84. The molecule has 0 aliphatic heterocycles. The fourth-order valence-electron chi connectivity index (χ4n) is 3.27. The van der Waals surface area contributed by atoms with Crippen molar-refractivity contribution in [3.05, 3.63) is 42.2 Å². The average molecular weight is 368 g/mol. The van der Waals surface area contributed by atoms with Crippen molar-refractivity contribution in [1.82, 2.24) is 9.97 Å². The maximum atomic E-state index is 12.1. The van der Waals surface area contributed by atoms with Crippen LogP contribution in [0.2, 0.25) is 0 Å². The highest BCUT2D eigenvalue weighted by molar-refractivity contribution is 5.76. The van der Waals surface area contributed by atoms with Gasteiger partial charge < -0.3 is 9.47 Å². The van der Waals surface area contributed by atoms with E-state index in [9.17, 15) is 9.59 Å². The minimum absolute atomic E-state index is 0.0517. The summed E-state index contributed by atoms with van der Waals surface area (Å²) in [6.07, 6.45) is 7.17. The Hall–Kier alpha value is -2.76. The summed E-state index contributed by atoms with van der Waals surface area (Å²) in [5.41, 5.74) is 1.74. The molecular weight excluding hydrogens is 344 g/mol. The van der Waals surface area contributed by atoms with Crippen LogP contribution in [0.3, 0.4) is 0 Å². The van der Waals surface area contributed by atoms with Crippen LogP contribution in [0.25, 0.3) is 11.3 Å². The van der Waals surface area contributed by atoms with Gasteiger partial charge in [0.1, 0.15) is 6.10 Å². The van der Waals surface area contributed by atoms with Gasteiger partial charge in [0.25, 0.3) is 0 Å². The number of rotatable bonds is 6. The number of aromatic nitrogens is 2. The summed E-state index contributed by atoms with van der Waals surface area (Å²) in [5, 5.41) is 0. The molecule has 6 nitrogen and oxygen atoms in total. The summed E-state index contributed by atoms with van der Waals surface area (Å²) in [5.74, 6) is 0.451. The molecule has 2 aromatic rings. The van der Waals surface area contributed by atoms with Gasteiger partial charge in [-0.3, -0.25) is 14.6 Å². The van der Waals surface area contributed by atoms with Crippen LogP contribution in [0, 0.1) is 5.41 Å². The lowest BCUT2D eigenvalue weighted by Gasteiger charge is -2.34. The van der Waals surface area contributed by atoms with Gasteiger partial charge >= 0.3 is 5.97 Å². The van der Waals surface area contributed by atoms with E-state index in [2.05, 4.69) is 9.97 Å². The summed E-state index contributed by atoms with van der Waals surface area (Å²) >= 11 is 0. The first-order valence-corrected chi connectivity index (χ1v) is 9.25. The molecule has 1 aliphatic rings. The van der Waals surface area contributed by atoms with Crippen LogP contribution in [0.1, 0.15) is 49.9 Å². The number of hydrogen-bond donors (Lipinski definition) is 0. The van der Waals surface area contributed by atoms with E-state index in [4.69, 9.17) is 9.47 Å². The number of nitrogens with zero attached hydrogens (tertiary/aromatic N) is 2. The third kappa shape index (κ3) is 4.51. The molecule has 6 heteroatoms. The first-order chi connectivity index (χ1) is 13.0. The maximum Gasteiger partial charge on any atom is 0.311 e. The zero-order chi connectivity index (χ0) is 19.3. The Morgan fingerprint density at radius 2 is 1.96 bits per heavy atom. The summed E-state index contributed by atoms with van der Waals surface area (Å²) in [6, 6.07) is 7.24. The smallest absolute Gasteiger partial charge is 0.311 e. The SMILES string of the molecule is CCOC(=O)[C@]1(C)CC[C@H](Oc2ccc(-c3ccc(C=O)cn3)cn2)CC1. The quantitative estimate of drug-likeness (QED) is 0.569. The summed E-state index contributed by atoms with van der Waals surface area (Å²) in [6.45, 7) is 4.21. The number of carbonyl (C=O) groups excluding carboxylic acids is 2. The molecule has 2 aromatic heterocycles. The van der Waals surface area contributed by atoms with Gasteiger partial charge in [-0.05, 0) is 57.7 Å². The van der Waals surface area contributed by atoms with E-state index in [1.54, 1.807) is 18.3 Å². The Morgan fingerprint density at radius 3 is 2.52 bits per heavy atom. The van der Waals surface area contributed by atoms with Crippen molar-refractivity contribution < 1.29 is 19.1 Å². The molecular formula is C21H24N2O4. The molecule has 142 valence electrons. The fraction of sp³-hybridized carbons (Fsp3) is 0.429. The van der Waals surface area contributed by atoms with Gasteiger partial charge in [0, 0.05) is 29.6 Å². The largest absolute Gasteiger partial charge is 0.474 e. The second-order valence-corrected chi connectivity index (χ2v) is 7.08.